The molecule has 0 atom stereocenters. The predicted molar refractivity (Wildman–Crippen MR) is 81.1 cm³/mol. The normalized spacial score (nSPS) is 15.6. The molecule has 1 aromatic carbocycles. The highest BCUT2D eigenvalue weighted by Crippen LogP contribution is 2.26. The number of aromatic carboxylic acids is 1. The molecule has 2 aromatic rings. The van der Waals surface area contributed by atoms with Gasteiger partial charge < -0.3 is 15.2 Å². The maximum Gasteiger partial charge on any atom is 0.358 e. The van der Waals surface area contributed by atoms with Crippen molar-refractivity contribution in [1.82, 2.24) is 15.1 Å². The lowest BCUT2D eigenvalue weighted by atomic mass is 10.1. The Morgan fingerprint density at radius 1 is 1.32 bits per heavy atom. The van der Waals surface area contributed by atoms with Gasteiger partial charge in [-0.05, 0) is 31.5 Å². The van der Waals surface area contributed by atoms with Crippen molar-refractivity contribution in [2.45, 2.75) is 25.5 Å². The number of benzene rings is 1. The minimum atomic E-state index is -1.00. The molecule has 6 nitrogen and oxygen atoms in total. The molecule has 3 rings (SSSR count). The molecule has 2 heterocycles. The van der Waals surface area contributed by atoms with Crippen LogP contribution < -0.4 is 10.1 Å². The molecule has 1 fully saturated rings. The van der Waals surface area contributed by atoms with E-state index in [4.69, 9.17) is 4.74 Å². The van der Waals surface area contributed by atoms with Crippen LogP contribution in [-0.2, 0) is 6.61 Å². The third kappa shape index (κ3) is 3.12. The second-order valence-corrected chi connectivity index (χ2v) is 5.36. The van der Waals surface area contributed by atoms with Gasteiger partial charge in [-0.1, -0.05) is 30.3 Å². The Kier molecular flexibility index (Phi) is 4.39. The Hall–Kier alpha value is -2.34. The van der Waals surface area contributed by atoms with Crippen molar-refractivity contribution in [2.75, 3.05) is 13.1 Å². The van der Waals surface area contributed by atoms with Crippen LogP contribution in [0.3, 0.4) is 0 Å². The summed E-state index contributed by atoms with van der Waals surface area (Å²) in [6.07, 6.45) is 3.26. The molecular formula is C16H19N3O3. The number of carboxylic acids is 1. The fourth-order valence-electron chi connectivity index (χ4n) is 2.72. The first-order chi connectivity index (χ1) is 10.8. The third-order valence-electron chi connectivity index (χ3n) is 3.86. The van der Waals surface area contributed by atoms with E-state index in [-0.39, 0.29) is 11.7 Å². The number of nitrogens with one attached hydrogen (secondary N) is 1. The highest BCUT2D eigenvalue weighted by molar-refractivity contribution is 5.88. The summed E-state index contributed by atoms with van der Waals surface area (Å²) in [7, 11) is 0. The lowest BCUT2D eigenvalue weighted by molar-refractivity contribution is 0.0672. The average Bonchev–Trinajstić information content (AvgIpc) is 2.99. The molecule has 1 aliphatic rings. The lowest BCUT2D eigenvalue weighted by Crippen LogP contribution is -2.31. The molecule has 0 saturated carbocycles. The molecule has 2 N–H and O–H groups in total. The SMILES string of the molecule is O=C(O)c1c(OCc2ccccc2)cnn1C1CCNCC1. The summed E-state index contributed by atoms with van der Waals surface area (Å²) in [6.45, 7) is 2.09. The number of ether oxygens (including phenoxy) is 1. The Balaban J connectivity index is 1.79. The van der Waals surface area contributed by atoms with Gasteiger partial charge in [-0.2, -0.15) is 5.10 Å². The van der Waals surface area contributed by atoms with Crippen LogP contribution in [0.5, 0.6) is 5.75 Å². The quantitative estimate of drug-likeness (QED) is 0.884. The van der Waals surface area contributed by atoms with Crippen LogP contribution in [-0.4, -0.2) is 33.9 Å². The first-order valence-corrected chi connectivity index (χ1v) is 7.44. The highest BCUT2D eigenvalue weighted by Gasteiger charge is 2.25. The van der Waals surface area contributed by atoms with E-state index in [0.717, 1.165) is 31.5 Å². The van der Waals surface area contributed by atoms with Crippen LogP contribution in [0.25, 0.3) is 0 Å². The van der Waals surface area contributed by atoms with Gasteiger partial charge in [-0.3, -0.25) is 4.68 Å². The van der Waals surface area contributed by atoms with Crippen molar-refractivity contribution in [2.24, 2.45) is 0 Å². The Labute approximate surface area is 128 Å². The average molecular weight is 301 g/mol. The second-order valence-electron chi connectivity index (χ2n) is 5.36. The summed E-state index contributed by atoms with van der Waals surface area (Å²) in [5.41, 5.74) is 1.14. The molecular weight excluding hydrogens is 282 g/mol. The summed E-state index contributed by atoms with van der Waals surface area (Å²) in [4.78, 5) is 11.6. The molecule has 6 heteroatoms. The molecule has 0 spiro atoms. The predicted octanol–water partition coefficient (Wildman–Crippen LogP) is 2.08. The number of aromatic nitrogens is 2. The standard InChI is InChI=1S/C16H19N3O3/c20-16(21)15-14(22-11-12-4-2-1-3-5-12)10-18-19(15)13-6-8-17-9-7-13/h1-5,10,13,17H,6-9,11H2,(H,20,21). The summed E-state index contributed by atoms with van der Waals surface area (Å²) in [5.74, 6) is -0.672. The third-order valence-corrected chi connectivity index (χ3v) is 3.86. The zero-order chi connectivity index (χ0) is 15.4. The van der Waals surface area contributed by atoms with Gasteiger partial charge in [-0.25, -0.2) is 4.79 Å². The van der Waals surface area contributed by atoms with Gasteiger partial charge in [0.25, 0.3) is 0 Å². The van der Waals surface area contributed by atoms with Gasteiger partial charge >= 0.3 is 5.97 Å². The van der Waals surface area contributed by atoms with E-state index < -0.39 is 5.97 Å². The molecule has 0 bridgehead atoms. The molecule has 0 radical (unpaired) electrons. The van der Waals surface area contributed by atoms with E-state index in [2.05, 4.69) is 10.4 Å². The number of hydrogen-bond donors (Lipinski definition) is 2. The maximum atomic E-state index is 11.6. The monoisotopic (exact) mass is 301 g/mol. The maximum absolute atomic E-state index is 11.6. The van der Waals surface area contributed by atoms with Crippen molar-refractivity contribution in [1.29, 1.82) is 0 Å². The van der Waals surface area contributed by atoms with Gasteiger partial charge in [0.1, 0.15) is 6.61 Å². The molecule has 1 aromatic heterocycles. The Morgan fingerprint density at radius 2 is 2.05 bits per heavy atom. The van der Waals surface area contributed by atoms with E-state index in [0.29, 0.717) is 12.4 Å². The minimum absolute atomic E-state index is 0.112. The van der Waals surface area contributed by atoms with E-state index in [1.807, 2.05) is 30.3 Å². The molecule has 0 aliphatic carbocycles. The smallest absolute Gasteiger partial charge is 0.358 e. The number of nitrogens with zero attached hydrogens (tertiary/aromatic N) is 2. The summed E-state index contributed by atoms with van der Waals surface area (Å²) in [5, 5.41) is 17.0. The lowest BCUT2D eigenvalue weighted by Gasteiger charge is -2.23. The Bertz CT molecular complexity index is 633. The number of piperidine rings is 1. The fraction of sp³-hybridized carbons (Fsp3) is 0.375. The Morgan fingerprint density at radius 3 is 2.73 bits per heavy atom. The van der Waals surface area contributed by atoms with E-state index in [1.165, 1.54) is 6.20 Å². The van der Waals surface area contributed by atoms with E-state index >= 15 is 0 Å². The van der Waals surface area contributed by atoms with Crippen LogP contribution in [0.1, 0.15) is 34.9 Å². The van der Waals surface area contributed by atoms with Crippen LogP contribution >= 0.6 is 0 Å². The molecule has 116 valence electrons. The van der Waals surface area contributed by atoms with Crippen molar-refractivity contribution in [3.63, 3.8) is 0 Å². The molecule has 0 unspecified atom stereocenters. The number of hydrogen-bond acceptors (Lipinski definition) is 4. The van der Waals surface area contributed by atoms with Gasteiger partial charge in [0.15, 0.2) is 11.4 Å². The highest BCUT2D eigenvalue weighted by atomic mass is 16.5. The van der Waals surface area contributed by atoms with Crippen molar-refractivity contribution in [3.8, 4) is 5.75 Å². The fourth-order valence-corrected chi connectivity index (χ4v) is 2.72. The molecule has 22 heavy (non-hydrogen) atoms. The molecule has 0 amide bonds. The summed E-state index contributed by atoms with van der Waals surface area (Å²) >= 11 is 0. The topological polar surface area (TPSA) is 76.4 Å². The zero-order valence-electron chi connectivity index (χ0n) is 12.2. The van der Waals surface area contributed by atoms with E-state index in [9.17, 15) is 9.90 Å². The second kappa shape index (κ2) is 6.62. The van der Waals surface area contributed by atoms with Crippen LogP contribution in [0.2, 0.25) is 0 Å². The summed E-state index contributed by atoms with van der Waals surface area (Å²) < 4.78 is 7.28. The summed E-state index contributed by atoms with van der Waals surface area (Å²) in [6, 6.07) is 9.78. The van der Waals surface area contributed by atoms with Gasteiger partial charge in [0, 0.05) is 0 Å². The van der Waals surface area contributed by atoms with Gasteiger partial charge in [-0.15, -0.1) is 0 Å². The van der Waals surface area contributed by atoms with Crippen molar-refractivity contribution >= 4 is 5.97 Å². The first kappa shape index (κ1) is 14.6. The van der Waals surface area contributed by atoms with Crippen molar-refractivity contribution in [3.05, 3.63) is 47.8 Å². The van der Waals surface area contributed by atoms with Gasteiger partial charge in [0.2, 0.25) is 0 Å². The van der Waals surface area contributed by atoms with Gasteiger partial charge in [0.05, 0.1) is 12.2 Å². The van der Waals surface area contributed by atoms with Crippen LogP contribution in [0.4, 0.5) is 0 Å². The number of carboxylic acid groups (broad SMARTS) is 1. The largest absolute Gasteiger partial charge is 0.485 e. The number of carbonyl (C=O) groups is 1. The van der Waals surface area contributed by atoms with Crippen LogP contribution in [0.15, 0.2) is 36.5 Å². The zero-order valence-corrected chi connectivity index (χ0v) is 12.2. The van der Waals surface area contributed by atoms with E-state index in [1.54, 1.807) is 4.68 Å². The van der Waals surface area contributed by atoms with Crippen LogP contribution in [0, 0.1) is 0 Å². The molecule has 1 saturated heterocycles. The van der Waals surface area contributed by atoms with Crippen molar-refractivity contribution < 1.29 is 14.6 Å². The minimum Gasteiger partial charge on any atom is -0.485 e. The number of rotatable bonds is 5. The molecule has 1 aliphatic heterocycles. The first-order valence-electron chi connectivity index (χ1n) is 7.44.